The van der Waals surface area contributed by atoms with Gasteiger partial charge in [0.2, 0.25) is 0 Å². The van der Waals surface area contributed by atoms with Gasteiger partial charge in [-0.05, 0) is 0 Å². The molecule has 1 heterocycles. The van der Waals surface area contributed by atoms with E-state index < -0.39 is 0 Å². The summed E-state index contributed by atoms with van der Waals surface area (Å²) in [6.45, 7) is 12.8. The van der Waals surface area contributed by atoms with Crippen molar-refractivity contribution in [2.75, 3.05) is 0 Å². The quantitative estimate of drug-likeness (QED) is 0.398. The van der Waals surface area contributed by atoms with Gasteiger partial charge in [-0.25, -0.2) is 9.97 Å². The van der Waals surface area contributed by atoms with Crippen molar-refractivity contribution < 1.29 is 29.1 Å². The van der Waals surface area contributed by atoms with Gasteiger partial charge in [-0.15, -0.1) is 0 Å². The third kappa shape index (κ3) is 18.6. The van der Waals surface area contributed by atoms with Gasteiger partial charge < -0.3 is 15.5 Å². The number of hydrogen-bond acceptors (Lipinski definition) is 6. The number of hydrogen-bond donors (Lipinski definition) is 0. The van der Waals surface area contributed by atoms with Crippen LogP contribution in [-0.2, 0) is 29.1 Å². The van der Waals surface area contributed by atoms with Crippen LogP contribution in [0.2, 0.25) is 0 Å². The van der Waals surface area contributed by atoms with E-state index in [1.807, 2.05) is 0 Å². The van der Waals surface area contributed by atoms with E-state index in [1.54, 1.807) is 12.1 Å². The predicted molar refractivity (Wildman–Crippen MR) is 65.2 cm³/mol. The van der Waals surface area contributed by atoms with E-state index in [1.165, 1.54) is 18.3 Å². The third-order valence-electron chi connectivity index (χ3n) is 0.910. The molecule has 0 bridgehead atoms. The predicted octanol–water partition coefficient (Wildman–Crippen LogP) is 1.29. The second kappa shape index (κ2) is 21.3. The van der Waals surface area contributed by atoms with Gasteiger partial charge in [-0.2, -0.15) is 31.3 Å². The molecule has 1 rings (SSSR count). The number of aromatic nitrogens is 2. The zero-order valence-electron chi connectivity index (χ0n) is 10.8. The molecule has 1 radical (unpaired) electrons. The van der Waals surface area contributed by atoms with Crippen molar-refractivity contribution in [2.24, 2.45) is 0 Å². The van der Waals surface area contributed by atoms with Crippen LogP contribution in [0.5, 0.6) is 0 Å². The van der Waals surface area contributed by atoms with Gasteiger partial charge in [-0.3, -0.25) is 13.6 Å². The molecule has 0 aromatic carbocycles. The molecule has 0 saturated heterocycles. The molecule has 0 spiro atoms. The minimum Gasteiger partial charge on any atom is -0.545 e. The second-order valence-corrected chi connectivity index (χ2v) is 2.98. The van der Waals surface area contributed by atoms with Crippen LogP contribution in [0.1, 0.15) is 32.2 Å². The Morgan fingerprint density at radius 2 is 1.16 bits per heavy atom. The van der Waals surface area contributed by atoms with Crippen molar-refractivity contribution in [3.05, 3.63) is 29.7 Å². The molecule has 1 aromatic rings. The molecule has 19 heavy (non-hydrogen) atoms. The fraction of sp³-hybridized carbons (Fsp3) is 0.250. The molecule has 6 nitrogen and oxygen atoms in total. The average molecular weight is 346 g/mol. The molecule has 0 atom stereocenters. The smallest absolute Gasteiger partial charge is 0.545 e. The van der Waals surface area contributed by atoms with E-state index in [0.717, 1.165) is 0 Å². The summed E-state index contributed by atoms with van der Waals surface area (Å²) in [7, 11) is 0. The standard InChI is InChI=1S/C6H2N4.C4H9.2CHO.Ru/c7-3-5-6(4-8)10-2-1-9-5;1-4(2)3;2*1-2;/h1-2H;1-3H3;2*1H;/q;3*-1;+3. The van der Waals surface area contributed by atoms with Gasteiger partial charge in [0, 0.05) is 12.4 Å². The maximum absolute atomic E-state index is 8.35. The molecule has 1 aromatic heterocycles. The molecule has 0 aliphatic heterocycles. The van der Waals surface area contributed by atoms with Gasteiger partial charge >= 0.3 is 19.5 Å². The van der Waals surface area contributed by atoms with Gasteiger partial charge in [0.05, 0.1) is 0 Å². The Morgan fingerprint density at radius 1 is 0.947 bits per heavy atom. The fourth-order valence-electron chi connectivity index (χ4n) is 0.502. The van der Waals surface area contributed by atoms with Crippen LogP contribution in [0.3, 0.4) is 0 Å². The first kappa shape index (κ1) is 25.8. The van der Waals surface area contributed by atoms with Crippen LogP contribution in [0, 0.1) is 28.6 Å². The summed E-state index contributed by atoms with van der Waals surface area (Å²) < 4.78 is 0. The molecule has 0 fully saturated rings. The summed E-state index contributed by atoms with van der Waals surface area (Å²) in [6, 6.07) is 3.50. The summed E-state index contributed by atoms with van der Waals surface area (Å²) in [6.07, 6.45) is 2.75. The summed E-state index contributed by atoms with van der Waals surface area (Å²) in [5, 5.41) is 16.7. The monoisotopic (exact) mass is 347 g/mol. The zero-order chi connectivity index (χ0) is 15.0. The van der Waals surface area contributed by atoms with E-state index in [4.69, 9.17) is 20.1 Å². The minimum absolute atomic E-state index is 0. The van der Waals surface area contributed by atoms with Gasteiger partial charge in [-0.1, -0.05) is 0 Å². The van der Waals surface area contributed by atoms with Crippen molar-refractivity contribution in [3.63, 3.8) is 0 Å². The first-order valence-corrected chi connectivity index (χ1v) is 4.47. The Kier molecular flexibility index (Phi) is 28.9. The average Bonchev–Trinajstić information content (AvgIpc) is 2.42. The zero-order valence-corrected chi connectivity index (χ0v) is 12.5. The summed E-state index contributed by atoms with van der Waals surface area (Å²) in [4.78, 5) is 22.7. The van der Waals surface area contributed by atoms with E-state index in [0.29, 0.717) is 0 Å². The van der Waals surface area contributed by atoms with E-state index in [-0.39, 0.29) is 30.9 Å². The van der Waals surface area contributed by atoms with Gasteiger partial charge in [0.15, 0.2) is 11.4 Å². The number of nitrogens with zero attached hydrogens (tertiary/aromatic N) is 4. The van der Waals surface area contributed by atoms with E-state index in [9.17, 15) is 0 Å². The number of carbonyl (C=O) groups excluding carboxylic acids is 2. The van der Waals surface area contributed by atoms with Crippen molar-refractivity contribution in [3.8, 4) is 12.1 Å². The molecule has 0 aliphatic rings. The Bertz CT molecular complexity index is 362. The second-order valence-electron chi connectivity index (χ2n) is 2.98. The summed E-state index contributed by atoms with van der Waals surface area (Å²) >= 11 is 0. The maximum Gasteiger partial charge on any atom is 3.00 e. The van der Waals surface area contributed by atoms with E-state index in [2.05, 4.69) is 44.3 Å². The molecular weight excluding hydrogens is 333 g/mol. The maximum atomic E-state index is 8.35. The van der Waals surface area contributed by atoms with Crippen LogP contribution in [0.15, 0.2) is 12.4 Å². The van der Waals surface area contributed by atoms with Crippen LogP contribution >= 0.6 is 0 Å². The number of rotatable bonds is 0. The van der Waals surface area contributed by atoms with E-state index >= 15 is 0 Å². The third-order valence-corrected chi connectivity index (χ3v) is 0.910. The summed E-state index contributed by atoms with van der Waals surface area (Å²) in [5.74, 6) is 1.42. The molecular formula is C12H13N4O2Ru. The van der Waals surface area contributed by atoms with Gasteiger partial charge in [0.1, 0.15) is 12.1 Å². The largest absolute Gasteiger partial charge is 3.00 e. The topological polar surface area (TPSA) is 108 Å². The van der Waals surface area contributed by atoms with Crippen molar-refractivity contribution in [1.29, 1.82) is 10.5 Å². The molecule has 101 valence electrons. The van der Waals surface area contributed by atoms with Gasteiger partial charge in [0.25, 0.3) is 0 Å². The van der Waals surface area contributed by atoms with Crippen LogP contribution in [0.25, 0.3) is 0 Å². The number of nitriles is 2. The molecule has 0 N–H and O–H groups in total. The van der Waals surface area contributed by atoms with Crippen LogP contribution < -0.4 is 0 Å². The molecule has 0 unspecified atom stereocenters. The molecule has 0 amide bonds. The minimum atomic E-state index is 0. The molecule has 7 heteroatoms. The van der Waals surface area contributed by atoms with Crippen LogP contribution in [0.4, 0.5) is 0 Å². The first-order chi connectivity index (χ1) is 8.61. The Hall–Kier alpha value is -1.98. The molecule has 0 saturated carbocycles. The summed E-state index contributed by atoms with van der Waals surface area (Å²) in [5.41, 5.74) is 0.148. The Balaban J connectivity index is -0.000000107. The molecule has 0 aliphatic carbocycles. The Labute approximate surface area is 126 Å². The van der Waals surface area contributed by atoms with Crippen LogP contribution in [-0.4, -0.2) is 23.5 Å². The first-order valence-electron chi connectivity index (χ1n) is 4.47. The Morgan fingerprint density at radius 3 is 1.32 bits per heavy atom. The van der Waals surface area contributed by atoms with Crippen molar-refractivity contribution >= 4 is 13.6 Å². The fourth-order valence-corrected chi connectivity index (χ4v) is 0.502. The SMILES string of the molecule is C[C-](C)C.N#Cc1nccnc1C#N.[CH-]=O.[CH-]=O.[Ru+3]. The van der Waals surface area contributed by atoms with Crippen molar-refractivity contribution in [2.45, 2.75) is 20.8 Å². The van der Waals surface area contributed by atoms with Crippen molar-refractivity contribution in [1.82, 2.24) is 9.97 Å². The normalized spacial score (nSPS) is 6.42.